The van der Waals surface area contributed by atoms with Crippen molar-refractivity contribution in [3.63, 3.8) is 0 Å². The quantitative estimate of drug-likeness (QED) is 0.228. The Labute approximate surface area is 155 Å². The van der Waals surface area contributed by atoms with Crippen LogP contribution in [-0.4, -0.2) is 48.8 Å². The lowest BCUT2D eigenvalue weighted by molar-refractivity contribution is 0.273. The lowest BCUT2D eigenvalue weighted by Crippen LogP contribution is -2.36. The van der Waals surface area contributed by atoms with Crippen molar-refractivity contribution in [2.24, 2.45) is 10.7 Å². The van der Waals surface area contributed by atoms with Crippen molar-refractivity contribution < 1.29 is 0 Å². The lowest BCUT2D eigenvalue weighted by atomic mass is 10.2. The van der Waals surface area contributed by atoms with Crippen LogP contribution in [-0.2, 0) is 0 Å². The molecule has 1 heterocycles. The zero-order valence-electron chi connectivity index (χ0n) is 13.2. The Kier molecular flexibility index (Phi) is 9.90. The minimum Gasteiger partial charge on any atom is -0.370 e. The first-order valence-corrected chi connectivity index (χ1v) is 8.74. The molecule has 124 valence electrons. The molecule has 0 saturated carbocycles. The molecule has 1 aliphatic heterocycles. The molecule has 0 bridgehead atoms. The topological polar surface area (TPSA) is 53.6 Å². The van der Waals surface area contributed by atoms with Gasteiger partial charge >= 0.3 is 0 Å². The van der Waals surface area contributed by atoms with Gasteiger partial charge in [-0.2, -0.15) is 0 Å². The van der Waals surface area contributed by atoms with Crippen LogP contribution in [0.25, 0.3) is 0 Å². The van der Waals surface area contributed by atoms with Crippen LogP contribution in [0.4, 0.5) is 0 Å². The molecule has 0 spiro atoms. The molecule has 0 aromatic heterocycles. The van der Waals surface area contributed by atoms with Gasteiger partial charge in [0.25, 0.3) is 0 Å². The van der Waals surface area contributed by atoms with Crippen LogP contribution in [0.1, 0.15) is 19.8 Å². The van der Waals surface area contributed by atoms with Crippen LogP contribution in [0.5, 0.6) is 0 Å². The second kappa shape index (κ2) is 11.1. The van der Waals surface area contributed by atoms with Crippen molar-refractivity contribution in [3.05, 3.63) is 30.3 Å². The molecule has 0 amide bonds. The minimum absolute atomic E-state index is 0. The summed E-state index contributed by atoms with van der Waals surface area (Å²) < 4.78 is 0. The molecule has 1 aliphatic rings. The summed E-state index contributed by atoms with van der Waals surface area (Å²) in [7, 11) is 0. The highest BCUT2D eigenvalue weighted by Gasteiger charge is 2.22. The van der Waals surface area contributed by atoms with E-state index in [-0.39, 0.29) is 24.0 Å². The first-order valence-electron chi connectivity index (χ1n) is 7.75. The van der Waals surface area contributed by atoms with Gasteiger partial charge in [-0.05, 0) is 38.1 Å². The maximum Gasteiger partial charge on any atom is 0.188 e. The lowest BCUT2D eigenvalue weighted by Gasteiger charge is -2.20. The third-order valence-electron chi connectivity index (χ3n) is 3.80. The van der Waals surface area contributed by atoms with Crippen LogP contribution >= 0.6 is 35.7 Å². The number of hydrogen-bond donors (Lipinski definition) is 2. The molecule has 2 rings (SSSR count). The average molecular weight is 434 g/mol. The largest absolute Gasteiger partial charge is 0.370 e. The van der Waals surface area contributed by atoms with Gasteiger partial charge in [-0.1, -0.05) is 25.1 Å². The molecule has 1 unspecified atom stereocenters. The van der Waals surface area contributed by atoms with E-state index in [1.165, 1.54) is 24.3 Å². The highest BCUT2D eigenvalue weighted by Crippen LogP contribution is 2.17. The van der Waals surface area contributed by atoms with Crippen molar-refractivity contribution in [1.82, 2.24) is 10.2 Å². The Bertz CT molecular complexity index is 441. The normalized spacial score (nSPS) is 19.0. The van der Waals surface area contributed by atoms with Gasteiger partial charge in [0.2, 0.25) is 0 Å². The molecule has 1 aromatic rings. The summed E-state index contributed by atoms with van der Waals surface area (Å²) in [6, 6.07) is 11.0. The number of rotatable bonds is 7. The SMILES string of the molecule is CCN1CCCC1CN=C(N)NCCSc1ccccc1.I. The Morgan fingerprint density at radius 1 is 1.41 bits per heavy atom. The van der Waals surface area contributed by atoms with E-state index < -0.39 is 0 Å². The molecule has 1 fully saturated rings. The van der Waals surface area contributed by atoms with Gasteiger partial charge in [0.05, 0.1) is 6.54 Å². The van der Waals surface area contributed by atoms with Crippen LogP contribution in [0.15, 0.2) is 40.2 Å². The van der Waals surface area contributed by atoms with E-state index in [0.29, 0.717) is 12.0 Å². The van der Waals surface area contributed by atoms with Crippen molar-refractivity contribution >= 4 is 41.7 Å². The maximum atomic E-state index is 5.93. The summed E-state index contributed by atoms with van der Waals surface area (Å²) in [5.74, 6) is 1.57. The highest BCUT2D eigenvalue weighted by molar-refractivity contribution is 14.0. The minimum atomic E-state index is 0. The number of likely N-dealkylation sites (N-methyl/N-ethyl adjacent to an activating group) is 1. The Balaban J connectivity index is 0.00000242. The van der Waals surface area contributed by atoms with E-state index >= 15 is 0 Å². The summed E-state index contributed by atoms with van der Waals surface area (Å²) in [6.45, 7) is 6.19. The molecule has 4 nitrogen and oxygen atoms in total. The van der Waals surface area contributed by atoms with Crippen molar-refractivity contribution in [2.45, 2.75) is 30.7 Å². The summed E-state index contributed by atoms with van der Waals surface area (Å²) in [6.07, 6.45) is 2.53. The van der Waals surface area contributed by atoms with Gasteiger partial charge in [-0.25, -0.2) is 0 Å². The van der Waals surface area contributed by atoms with Crippen LogP contribution in [0, 0.1) is 0 Å². The van der Waals surface area contributed by atoms with Gasteiger partial charge in [-0.15, -0.1) is 35.7 Å². The molecule has 6 heteroatoms. The van der Waals surface area contributed by atoms with Crippen LogP contribution in [0.2, 0.25) is 0 Å². The van der Waals surface area contributed by atoms with E-state index in [1.807, 2.05) is 17.8 Å². The van der Waals surface area contributed by atoms with Gasteiger partial charge in [0.1, 0.15) is 0 Å². The smallest absolute Gasteiger partial charge is 0.188 e. The number of benzene rings is 1. The van der Waals surface area contributed by atoms with Gasteiger partial charge in [0, 0.05) is 23.2 Å². The number of likely N-dealkylation sites (tertiary alicyclic amines) is 1. The Morgan fingerprint density at radius 3 is 2.91 bits per heavy atom. The van der Waals surface area contributed by atoms with Gasteiger partial charge in [-0.3, -0.25) is 9.89 Å². The van der Waals surface area contributed by atoms with E-state index in [1.54, 1.807) is 0 Å². The molecule has 0 radical (unpaired) electrons. The van der Waals surface area contributed by atoms with Crippen molar-refractivity contribution in [2.75, 3.05) is 31.9 Å². The third kappa shape index (κ3) is 6.75. The van der Waals surface area contributed by atoms with Crippen molar-refractivity contribution in [1.29, 1.82) is 0 Å². The summed E-state index contributed by atoms with van der Waals surface area (Å²) in [5, 5.41) is 3.20. The third-order valence-corrected chi connectivity index (χ3v) is 4.81. The van der Waals surface area contributed by atoms with E-state index in [0.717, 1.165) is 25.4 Å². The monoisotopic (exact) mass is 434 g/mol. The molecule has 3 N–H and O–H groups in total. The number of aliphatic imine (C=N–C) groups is 1. The van der Waals surface area contributed by atoms with Crippen LogP contribution < -0.4 is 11.1 Å². The molecule has 1 atom stereocenters. The number of guanidine groups is 1. The van der Waals surface area contributed by atoms with E-state index in [2.05, 4.69) is 46.4 Å². The zero-order valence-corrected chi connectivity index (χ0v) is 16.3. The second-order valence-corrected chi connectivity index (χ2v) is 6.41. The number of nitrogens with one attached hydrogen (secondary N) is 1. The van der Waals surface area contributed by atoms with Gasteiger partial charge < -0.3 is 11.1 Å². The molecular weight excluding hydrogens is 407 g/mol. The second-order valence-electron chi connectivity index (χ2n) is 5.24. The number of nitrogens with zero attached hydrogens (tertiary/aromatic N) is 2. The zero-order chi connectivity index (χ0) is 14.9. The molecule has 1 saturated heterocycles. The predicted octanol–water partition coefficient (Wildman–Crippen LogP) is 2.79. The Hall–Kier alpha value is -0.470. The number of thioether (sulfide) groups is 1. The first-order chi connectivity index (χ1) is 10.3. The molecular formula is C16H27IN4S. The number of halogens is 1. The standard InChI is InChI=1S/C16H26N4S.HI/c1-2-20-11-6-7-14(20)13-19-16(17)18-10-12-21-15-8-4-3-5-9-15;/h3-5,8-9,14H,2,6-7,10-13H2,1H3,(H3,17,18,19);1H. The van der Waals surface area contributed by atoms with Crippen LogP contribution in [0.3, 0.4) is 0 Å². The maximum absolute atomic E-state index is 5.93. The fourth-order valence-electron chi connectivity index (χ4n) is 2.64. The Morgan fingerprint density at radius 2 is 2.18 bits per heavy atom. The number of nitrogens with two attached hydrogens (primary N) is 1. The fourth-order valence-corrected chi connectivity index (χ4v) is 3.43. The summed E-state index contributed by atoms with van der Waals surface area (Å²) >= 11 is 1.83. The molecule has 22 heavy (non-hydrogen) atoms. The first kappa shape index (κ1) is 19.6. The average Bonchev–Trinajstić information content (AvgIpc) is 2.98. The van der Waals surface area contributed by atoms with Crippen molar-refractivity contribution in [3.8, 4) is 0 Å². The number of hydrogen-bond acceptors (Lipinski definition) is 3. The van der Waals surface area contributed by atoms with E-state index in [4.69, 9.17) is 5.73 Å². The summed E-state index contributed by atoms with van der Waals surface area (Å²) in [5.41, 5.74) is 5.93. The predicted molar refractivity (Wildman–Crippen MR) is 107 cm³/mol. The molecule has 1 aromatic carbocycles. The molecule has 0 aliphatic carbocycles. The summed E-state index contributed by atoms with van der Waals surface area (Å²) in [4.78, 5) is 8.26. The highest BCUT2D eigenvalue weighted by atomic mass is 127. The van der Waals surface area contributed by atoms with E-state index in [9.17, 15) is 0 Å². The fraction of sp³-hybridized carbons (Fsp3) is 0.562. The van der Waals surface area contributed by atoms with Gasteiger partial charge in [0.15, 0.2) is 5.96 Å².